The average Bonchev–Trinajstić information content (AvgIpc) is 3.66. The van der Waals surface area contributed by atoms with E-state index < -0.39 is 17.2 Å². The number of H-pyrrole nitrogens is 2. The lowest BCUT2D eigenvalue weighted by Crippen LogP contribution is -2.27. The van der Waals surface area contributed by atoms with Crippen molar-refractivity contribution < 1.29 is 17.6 Å². The maximum absolute atomic E-state index is 16.2. The minimum absolute atomic E-state index is 0.0636. The predicted molar refractivity (Wildman–Crippen MR) is 146 cm³/mol. The van der Waals surface area contributed by atoms with Gasteiger partial charge in [0, 0.05) is 42.9 Å². The van der Waals surface area contributed by atoms with Gasteiger partial charge in [-0.05, 0) is 42.7 Å². The molecule has 1 saturated heterocycles. The maximum Gasteiger partial charge on any atom is 0.261 e. The van der Waals surface area contributed by atoms with Crippen LogP contribution in [0.1, 0.15) is 42.3 Å². The van der Waals surface area contributed by atoms with Crippen LogP contribution < -0.4 is 0 Å². The fourth-order valence-electron chi connectivity index (χ4n) is 5.95. The van der Waals surface area contributed by atoms with Crippen molar-refractivity contribution in [2.24, 2.45) is 0 Å². The van der Waals surface area contributed by atoms with E-state index in [1.165, 1.54) is 18.5 Å². The molecule has 5 heterocycles. The number of alkyl halides is 2. The quantitative estimate of drug-likeness (QED) is 0.249. The normalized spacial score (nSPS) is 20.1. The molecule has 4 aromatic heterocycles. The van der Waals surface area contributed by atoms with Gasteiger partial charge in [0.15, 0.2) is 11.6 Å². The van der Waals surface area contributed by atoms with Crippen molar-refractivity contribution in [3.05, 3.63) is 89.1 Å². The summed E-state index contributed by atoms with van der Waals surface area (Å²) in [6, 6.07) is 8.37. The molecule has 0 saturated carbocycles. The zero-order valence-electron chi connectivity index (χ0n) is 22.1. The largest absolute Gasteiger partial charge is 0.339 e. The number of aromatic nitrogens is 6. The zero-order valence-corrected chi connectivity index (χ0v) is 22.1. The van der Waals surface area contributed by atoms with Crippen molar-refractivity contribution >= 4 is 17.0 Å². The van der Waals surface area contributed by atoms with Crippen molar-refractivity contribution in [1.29, 1.82) is 0 Å². The standard InChI is InChI=1S/C30H25F4N7/c1-29(19-5-2-3-6-20(19)31)8-4-7-21-27(29)38-28(37-21)26-23-22(39-40-26)14-36-25(24(23)32)18-11-17(12-35-13-18)15-41-10-9-30(33,34)16-41/h2-7,11-14H,8-10,15-16H2,1H3,(H,37,38)(H,39,40). The first-order chi connectivity index (χ1) is 19.7. The number of hydrogen-bond donors (Lipinski definition) is 2. The first-order valence-electron chi connectivity index (χ1n) is 13.3. The molecular weight excluding hydrogens is 534 g/mol. The fraction of sp³-hybridized carbons (Fsp3) is 0.267. The van der Waals surface area contributed by atoms with E-state index in [9.17, 15) is 13.2 Å². The summed E-state index contributed by atoms with van der Waals surface area (Å²) in [6.07, 6.45) is 8.77. The van der Waals surface area contributed by atoms with Crippen molar-refractivity contribution in [1.82, 2.24) is 35.0 Å². The van der Waals surface area contributed by atoms with Gasteiger partial charge in [-0.15, -0.1) is 0 Å². The highest BCUT2D eigenvalue weighted by Gasteiger charge is 2.38. The molecule has 1 aromatic carbocycles. The molecular formula is C30H25F4N7. The number of pyridine rings is 2. The second kappa shape index (κ2) is 9.34. The van der Waals surface area contributed by atoms with Gasteiger partial charge in [-0.25, -0.2) is 22.5 Å². The van der Waals surface area contributed by atoms with Crippen molar-refractivity contribution in [3.63, 3.8) is 0 Å². The van der Waals surface area contributed by atoms with Crippen LogP contribution in [0.3, 0.4) is 0 Å². The van der Waals surface area contributed by atoms with Crippen LogP contribution in [0.4, 0.5) is 17.6 Å². The number of allylic oxidation sites excluding steroid dienone is 1. The molecule has 1 aliphatic carbocycles. The Hall–Kier alpha value is -4.38. The lowest BCUT2D eigenvalue weighted by atomic mass is 9.73. The Morgan fingerprint density at radius 2 is 1.93 bits per heavy atom. The summed E-state index contributed by atoms with van der Waals surface area (Å²) in [5, 5.41) is 7.38. The van der Waals surface area contributed by atoms with Crippen LogP contribution in [-0.4, -0.2) is 54.0 Å². The number of nitrogens with one attached hydrogen (secondary N) is 2. The van der Waals surface area contributed by atoms with E-state index in [1.807, 2.05) is 19.1 Å². The van der Waals surface area contributed by atoms with E-state index in [4.69, 9.17) is 4.98 Å². The molecule has 208 valence electrons. The first-order valence-corrected chi connectivity index (χ1v) is 13.3. The van der Waals surface area contributed by atoms with Crippen LogP contribution >= 0.6 is 0 Å². The Morgan fingerprint density at radius 3 is 2.73 bits per heavy atom. The zero-order chi connectivity index (χ0) is 28.4. The van der Waals surface area contributed by atoms with Gasteiger partial charge in [-0.2, -0.15) is 5.10 Å². The Bertz CT molecular complexity index is 1820. The summed E-state index contributed by atoms with van der Waals surface area (Å²) < 4.78 is 58.3. The number of fused-ring (bicyclic) bond motifs is 2. The van der Waals surface area contributed by atoms with Gasteiger partial charge < -0.3 is 4.98 Å². The second-order valence-corrected chi connectivity index (χ2v) is 10.9. The number of rotatable bonds is 5. The van der Waals surface area contributed by atoms with Gasteiger partial charge in [-0.1, -0.05) is 24.3 Å². The number of imidazole rings is 1. The molecule has 0 amide bonds. The lowest BCUT2D eigenvalue weighted by molar-refractivity contribution is 0.0115. The smallest absolute Gasteiger partial charge is 0.261 e. The molecule has 0 spiro atoms. The van der Waals surface area contributed by atoms with Crippen molar-refractivity contribution in [2.75, 3.05) is 13.1 Å². The van der Waals surface area contributed by atoms with Crippen LogP contribution in [0.2, 0.25) is 0 Å². The Labute approximate surface area is 232 Å². The highest BCUT2D eigenvalue weighted by atomic mass is 19.3. The molecule has 11 heteroatoms. The van der Waals surface area contributed by atoms with Crippen LogP contribution in [-0.2, 0) is 12.0 Å². The number of halogens is 4. The predicted octanol–water partition coefficient (Wildman–Crippen LogP) is 6.25. The Kier molecular flexibility index (Phi) is 5.82. The van der Waals surface area contributed by atoms with E-state index in [1.54, 1.807) is 35.4 Å². The van der Waals surface area contributed by atoms with Gasteiger partial charge in [0.25, 0.3) is 5.92 Å². The van der Waals surface area contributed by atoms with E-state index >= 15 is 4.39 Å². The highest BCUT2D eigenvalue weighted by molar-refractivity contribution is 5.94. The summed E-state index contributed by atoms with van der Waals surface area (Å²) in [4.78, 5) is 18.2. The van der Waals surface area contributed by atoms with Gasteiger partial charge in [0.1, 0.15) is 17.2 Å². The number of hydrogen-bond acceptors (Lipinski definition) is 5. The monoisotopic (exact) mass is 559 g/mol. The molecule has 2 N–H and O–H groups in total. The molecule has 0 bridgehead atoms. The Morgan fingerprint density at radius 1 is 1.07 bits per heavy atom. The SMILES string of the molecule is CC1(c2ccccc2F)CC=Cc2nc(-c3n[nH]c4cnc(-c5cncc(CN6CCC(F)(F)C6)c5)c(F)c34)[nH]c21. The van der Waals surface area contributed by atoms with E-state index in [0.29, 0.717) is 40.1 Å². The van der Waals surface area contributed by atoms with E-state index in [2.05, 4.69) is 25.1 Å². The lowest BCUT2D eigenvalue weighted by Gasteiger charge is -2.31. The third-order valence-corrected chi connectivity index (χ3v) is 8.05. The van der Waals surface area contributed by atoms with Crippen LogP contribution in [0, 0.1) is 11.6 Å². The second-order valence-electron chi connectivity index (χ2n) is 10.9. The number of aromatic amines is 2. The number of nitrogens with zero attached hydrogens (tertiary/aromatic N) is 5. The van der Waals surface area contributed by atoms with E-state index in [-0.39, 0.29) is 48.6 Å². The molecule has 7 rings (SSSR count). The topological polar surface area (TPSA) is 86.4 Å². The van der Waals surface area contributed by atoms with Crippen LogP contribution in [0.25, 0.3) is 39.8 Å². The minimum Gasteiger partial charge on any atom is -0.339 e. The molecule has 0 radical (unpaired) electrons. The molecule has 41 heavy (non-hydrogen) atoms. The Balaban J connectivity index is 1.27. The summed E-state index contributed by atoms with van der Waals surface area (Å²) in [6.45, 7) is 2.20. The third-order valence-electron chi connectivity index (χ3n) is 8.05. The van der Waals surface area contributed by atoms with Crippen molar-refractivity contribution in [3.8, 4) is 22.8 Å². The van der Waals surface area contributed by atoms with Crippen LogP contribution in [0.5, 0.6) is 0 Å². The minimum atomic E-state index is -2.70. The van der Waals surface area contributed by atoms with Gasteiger partial charge >= 0.3 is 0 Å². The van der Waals surface area contributed by atoms with Gasteiger partial charge in [0.2, 0.25) is 0 Å². The van der Waals surface area contributed by atoms with Crippen LogP contribution in [0.15, 0.2) is 55.0 Å². The van der Waals surface area contributed by atoms with Crippen molar-refractivity contribution in [2.45, 2.75) is 37.6 Å². The third kappa shape index (κ3) is 4.31. The summed E-state index contributed by atoms with van der Waals surface area (Å²) in [5.41, 5.74) is 3.01. The average molecular weight is 560 g/mol. The molecule has 7 nitrogen and oxygen atoms in total. The molecule has 1 atom stereocenters. The molecule has 1 fully saturated rings. The number of benzene rings is 1. The molecule has 5 aromatic rings. The summed E-state index contributed by atoms with van der Waals surface area (Å²) >= 11 is 0. The molecule has 1 unspecified atom stereocenters. The first kappa shape index (κ1) is 25.6. The number of likely N-dealkylation sites (tertiary alicyclic amines) is 1. The molecule has 1 aliphatic heterocycles. The van der Waals surface area contributed by atoms with Gasteiger partial charge in [-0.3, -0.25) is 20.0 Å². The molecule has 2 aliphatic rings. The summed E-state index contributed by atoms with van der Waals surface area (Å²) in [5.74, 6) is -3.28. The highest BCUT2D eigenvalue weighted by Crippen LogP contribution is 2.42. The summed E-state index contributed by atoms with van der Waals surface area (Å²) in [7, 11) is 0. The maximum atomic E-state index is 16.2. The van der Waals surface area contributed by atoms with Gasteiger partial charge in [0.05, 0.1) is 35.0 Å². The fourth-order valence-corrected chi connectivity index (χ4v) is 5.95. The van der Waals surface area contributed by atoms with E-state index in [0.717, 1.165) is 5.69 Å².